The number of ether oxygens (including phenoxy) is 1. The highest BCUT2D eigenvalue weighted by Crippen LogP contribution is 2.38. The number of carbonyl (C=O) groups is 2. The zero-order valence-electron chi connectivity index (χ0n) is 19.0. The first-order chi connectivity index (χ1) is 17.2. The highest BCUT2D eigenvalue weighted by atomic mass is 32.2. The van der Waals surface area contributed by atoms with Crippen molar-refractivity contribution in [3.05, 3.63) is 82.5 Å². The highest BCUT2D eigenvalue weighted by Gasteiger charge is 2.36. The smallest absolute Gasteiger partial charge is 0.416 e. The first-order valence-electron chi connectivity index (χ1n) is 11.0. The zero-order chi connectivity index (χ0) is 25.9. The van der Waals surface area contributed by atoms with E-state index < -0.39 is 23.6 Å². The number of benzene rings is 2. The van der Waals surface area contributed by atoms with Gasteiger partial charge in [0.15, 0.2) is 4.32 Å². The number of rotatable bonds is 7. The van der Waals surface area contributed by atoms with Gasteiger partial charge in [0.1, 0.15) is 11.5 Å². The number of hydrogen-bond acceptors (Lipinski definition) is 6. The van der Waals surface area contributed by atoms with Gasteiger partial charge in [-0.05, 0) is 48.9 Å². The molecule has 186 valence electrons. The summed E-state index contributed by atoms with van der Waals surface area (Å²) in [7, 11) is 0. The van der Waals surface area contributed by atoms with Gasteiger partial charge < -0.3 is 9.15 Å². The lowest BCUT2D eigenvalue weighted by Gasteiger charge is -2.16. The van der Waals surface area contributed by atoms with Crippen LogP contribution in [0.1, 0.15) is 41.4 Å². The maximum atomic E-state index is 13.1. The van der Waals surface area contributed by atoms with E-state index in [4.69, 9.17) is 21.4 Å². The predicted octanol–water partition coefficient (Wildman–Crippen LogP) is 7.33. The van der Waals surface area contributed by atoms with E-state index >= 15 is 0 Å². The molecule has 1 aromatic heterocycles. The van der Waals surface area contributed by atoms with E-state index in [2.05, 4.69) is 0 Å². The molecular weight excluding hydrogens is 511 g/mol. The predicted molar refractivity (Wildman–Crippen MR) is 136 cm³/mol. The van der Waals surface area contributed by atoms with Crippen LogP contribution in [-0.2, 0) is 15.7 Å². The molecular formula is C26H20F3NO4S2. The third-order valence-electron chi connectivity index (χ3n) is 5.26. The van der Waals surface area contributed by atoms with Gasteiger partial charge in [-0.15, -0.1) is 0 Å². The second-order valence-corrected chi connectivity index (χ2v) is 9.51. The number of thiocarbonyl (C=S) groups is 1. The normalized spacial score (nSPS) is 15.1. The molecule has 0 spiro atoms. The Hall–Kier alpha value is -3.37. The number of amides is 1. The van der Waals surface area contributed by atoms with Crippen molar-refractivity contribution in [2.24, 2.45) is 0 Å². The molecule has 2 aromatic carbocycles. The van der Waals surface area contributed by atoms with Crippen molar-refractivity contribution < 1.29 is 31.9 Å². The highest BCUT2D eigenvalue weighted by molar-refractivity contribution is 8.27. The Kier molecular flexibility index (Phi) is 7.65. The first kappa shape index (κ1) is 25.7. The maximum absolute atomic E-state index is 13.1. The van der Waals surface area contributed by atoms with Gasteiger partial charge in [-0.3, -0.25) is 9.69 Å². The van der Waals surface area contributed by atoms with Crippen LogP contribution in [0, 0.1) is 0 Å². The number of alkyl halides is 3. The maximum Gasteiger partial charge on any atom is 0.416 e. The van der Waals surface area contributed by atoms with Gasteiger partial charge in [-0.2, -0.15) is 13.2 Å². The number of anilines is 1. The lowest BCUT2D eigenvalue weighted by atomic mass is 10.1. The Bertz CT molecular complexity index is 1330. The molecule has 1 aliphatic rings. The van der Waals surface area contributed by atoms with Crippen LogP contribution in [0.25, 0.3) is 17.4 Å². The monoisotopic (exact) mass is 531 g/mol. The van der Waals surface area contributed by atoms with Crippen LogP contribution in [0.3, 0.4) is 0 Å². The van der Waals surface area contributed by atoms with Crippen LogP contribution < -0.4 is 4.90 Å². The van der Waals surface area contributed by atoms with Gasteiger partial charge >= 0.3 is 12.1 Å². The van der Waals surface area contributed by atoms with E-state index in [1.807, 2.05) is 6.92 Å². The average molecular weight is 532 g/mol. The number of nitrogens with zero attached hydrogens (tertiary/aromatic N) is 1. The average Bonchev–Trinajstić information content (AvgIpc) is 3.43. The lowest BCUT2D eigenvalue weighted by Crippen LogP contribution is -2.27. The molecule has 36 heavy (non-hydrogen) atoms. The van der Waals surface area contributed by atoms with Crippen LogP contribution in [0.2, 0.25) is 0 Å². The van der Waals surface area contributed by atoms with Crippen molar-refractivity contribution in [3.8, 4) is 11.3 Å². The van der Waals surface area contributed by atoms with E-state index in [9.17, 15) is 22.8 Å². The molecule has 0 atom stereocenters. The van der Waals surface area contributed by atoms with Crippen molar-refractivity contribution in [2.75, 3.05) is 11.5 Å². The van der Waals surface area contributed by atoms with Crippen LogP contribution in [-0.4, -0.2) is 22.8 Å². The van der Waals surface area contributed by atoms with Crippen molar-refractivity contribution in [1.29, 1.82) is 0 Å². The molecule has 0 N–H and O–H groups in total. The Morgan fingerprint density at radius 2 is 1.89 bits per heavy atom. The Labute approximate surface area is 214 Å². The second-order valence-electron chi connectivity index (χ2n) is 7.83. The van der Waals surface area contributed by atoms with E-state index in [0.717, 1.165) is 47.2 Å². The first-order valence-corrected chi connectivity index (χ1v) is 12.2. The van der Waals surface area contributed by atoms with E-state index in [1.54, 1.807) is 36.4 Å². The largest absolute Gasteiger partial charge is 0.462 e. The van der Waals surface area contributed by atoms with Gasteiger partial charge in [0.05, 0.1) is 28.3 Å². The lowest BCUT2D eigenvalue weighted by molar-refractivity contribution is -0.137. The summed E-state index contributed by atoms with van der Waals surface area (Å²) in [6.07, 6.45) is -1.31. The van der Waals surface area contributed by atoms with Crippen molar-refractivity contribution in [3.63, 3.8) is 0 Å². The summed E-state index contributed by atoms with van der Waals surface area (Å²) >= 11 is 6.23. The summed E-state index contributed by atoms with van der Waals surface area (Å²) in [5, 5.41) is 0. The molecule has 2 heterocycles. The number of thioether (sulfide) groups is 1. The van der Waals surface area contributed by atoms with Crippen molar-refractivity contribution in [2.45, 2.75) is 25.9 Å². The molecule has 10 heteroatoms. The molecule has 4 rings (SSSR count). The molecule has 1 fully saturated rings. The van der Waals surface area contributed by atoms with Gasteiger partial charge in [0.25, 0.3) is 5.91 Å². The third kappa shape index (κ3) is 5.71. The minimum atomic E-state index is -4.54. The summed E-state index contributed by atoms with van der Waals surface area (Å²) in [6, 6.07) is 14.6. The van der Waals surface area contributed by atoms with E-state index in [-0.39, 0.29) is 14.9 Å². The summed E-state index contributed by atoms with van der Waals surface area (Å²) < 4.78 is 50.4. The Balaban J connectivity index is 1.49. The molecule has 5 nitrogen and oxygen atoms in total. The minimum absolute atomic E-state index is 0.0455. The van der Waals surface area contributed by atoms with Crippen molar-refractivity contribution in [1.82, 2.24) is 0 Å². The SMILES string of the molecule is CCCCOC(=O)c1ccc(-c2ccc(/C=C3\SC(=S)N(c4cccc(C(F)(F)F)c4)C3=O)o2)cc1. The van der Waals surface area contributed by atoms with Gasteiger partial charge in [0, 0.05) is 11.6 Å². The van der Waals surface area contributed by atoms with E-state index in [0.29, 0.717) is 23.7 Å². The Morgan fingerprint density at radius 1 is 1.14 bits per heavy atom. The fraction of sp³-hybridized carbons (Fsp3) is 0.192. The molecule has 1 saturated heterocycles. The fourth-order valence-electron chi connectivity index (χ4n) is 3.39. The fourth-order valence-corrected chi connectivity index (χ4v) is 4.67. The quantitative estimate of drug-likeness (QED) is 0.138. The number of halogens is 3. The number of furan rings is 1. The summed E-state index contributed by atoms with van der Waals surface area (Å²) in [5.74, 6) is -0.0377. The number of hydrogen-bond donors (Lipinski definition) is 0. The van der Waals surface area contributed by atoms with Crippen LogP contribution in [0.4, 0.5) is 18.9 Å². The van der Waals surface area contributed by atoms with Crippen LogP contribution in [0.15, 0.2) is 70.0 Å². The molecule has 0 bridgehead atoms. The van der Waals surface area contributed by atoms with Gasteiger partial charge in [0.2, 0.25) is 0 Å². The molecule has 3 aromatic rings. The zero-order valence-corrected chi connectivity index (χ0v) is 20.6. The summed E-state index contributed by atoms with van der Waals surface area (Å²) in [5.41, 5.74) is 0.328. The summed E-state index contributed by atoms with van der Waals surface area (Å²) in [4.78, 5) is 26.3. The second kappa shape index (κ2) is 10.7. The molecule has 1 amide bonds. The Morgan fingerprint density at radius 3 is 2.58 bits per heavy atom. The van der Waals surface area contributed by atoms with E-state index in [1.165, 1.54) is 18.2 Å². The van der Waals surface area contributed by atoms with Crippen LogP contribution >= 0.6 is 24.0 Å². The topological polar surface area (TPSA) is 59.8 Å². The third-order valence-corrected chi connectivity index (χ3v) is 6.56. The van der Waals surface area contributed by atoms with Crippen molar-refractivity contribution >= 4 is 51.9 Å². The minimum Gasteiger partial charge on any atom is -0.462 e. The van der Waals surface area contributed by atoms with Crippen LogP contribution in [0.5, 0.6) is 0 Å². The number of esters is 1. The molecule has 0 saturated carbocycles. The van der Waals surface area contributed by atoms with Gasteiger partial charge in [-0.25, -0.2) is 4.79 Å². The summed E-state index contributed by atoms with van der Waals surface area (Å²) in [6.45, 7) is 2.39. The number of unbranched alkanes of at least 4 members (excludes halogenated alkanes) is 1. The van der Waals surface area contributed by atoms with Gasteiger partial charge in [-0.1, -0.05) is 55.5 Å². The molecule has 0 aliphatic carbocycles. The molecule has 0 unspecified atom stereocenters. The number of carbonyl (C=O) groups excluding carboxylic acids is 2. The standard InChI is InChI=1S/C26H20F3NO4S2/c1-2-3-13-33-24(32)17-9-7-16(8-10-17)21-12-11-20(34-21)15-22-23(31)30(25(35)36-22)19-6-4-5-18(14-19)26(27,28)29/h4-12,14-15H,2-3,13H2,1H3/b22-15-. The molecule has 0 radical (unpaired) electrons. The molecule has 1 aliphatic heterocycles.